The molecule has 8 aromatic carbocycles. The highest BCUT2D eigenvalue weighted by atomic mass is 16.4. The molecule has 372 valence electrons. The first-order valence-electron chi connectivity index (χ1n) is 20.6. The molecule has 8 aromatic rings. The molecule has 20 heteroatoms. The minimum absolute atomic E-state index is 0.0304. The fourth-order valence-electron chi connectivity index (χ4n) is 6.36. The molecule has 20 nitrogen and oxygen atoms in total. The van der Waals surface area contributed by atoms with Gasteiger partial charge in [0.2, 0.25) is 34.5 Å². The Balaban J connectivity index is 0.000000179. The van der Waals surface area contributed by atoms with E-state index in [1.807, 2.05) is 30.3 Å². The molecule has 0 saturated heterocycles. The van der Waals surface area contributed by atoms with Gasteiger partial charge >= 0.3 is 0 Å². The second-order valence-electron chi connectivity index (χ2n) is 15.3. The van der Waals surface area contributed by atoms with Gasteiger partial charge in [-0.05, 0) is 90.0 Å². The lowest BCUT2D eigenvalue weighted by atomic mass is 10.0. The average molecular weight is 989 g/mol. The zero-order valence-corrected chi connectivity index (χ0v) is 37.0. The van der Waals surface area contributed by atoms with E-state index >= 15 is 0 Å². The number of ketones is 2. The molecule has 0 aliphatic heterocycles. The predicted octanol–water partition coefficient (Wildman–Crippen LogP) is 7.09. The number of aromatic hydroxyl groups is 18. The predicted molar refractivity (Wildman–Crippen MR) is 254 cm³/mol. The highest BCUT2D eigenvalue weighted by molar-refractivity contribution is 6.12. The van der Waals surface area contributed by atoms with Crippen LogP contribution in [-0.4, -0.2) is 103 Å². The molecule has 0 radical (unpaired) electrons. The molecular formula is C52H44O20. The minimum atomic E-state index is -1.03. The summed E-state index contributed by atoms with van der Waals surface area (Å²) in [5.41, 5.74) is 2.21. The SMILES string of the molecule is O=C(c1ccc(O)c(O)c1)c1cc(O)c(O)c(O)c1O.O=C(c1ccc(O)cc1)c1cc(O)c(O)c(O)c1O.Oc1ccc(Cc2ccc(O)c(O)c2O)cc1.Oc1ccc(Cc2ccccc2)c(O)c1O. The molecule has 0 heterocycles. The molecule has 0 unspecified atom stereocenters. The molecule has 72 heavy (non-hydrogen) atoms. The van der Waals surface area contributed by atoms with E-state index in [0.717, 1.165) is 35.4 Å². The quantitative estimate of drug-likeness (QED) is 0.0410. The first-order chi connectivity index (χ1) is 34.0. The van der Waals surface area contributed by atoms with Gasteiger partial charge in [-0.15, -0.1) is 0 Å². The van der Waals surface area contributed by atoms with Crippen molar-refractivity contribution in [2.75, 3.05) is 0 Å². The molecule has 0 amide bonds. The molecule has 0 spiro atoms. The van der Waals surface area contributed by atoms with Crippen molar-refractivity contribution < 1.29 is 102 Å². The lowest BCUT2D eigenvalue weighted by molar-refractivity contribution is 0.102. The zero-order chi connectivity index (χ0) is 53.1. The van der Waals surface area contributed by atoms with Gasteiger partial charge in [0.05, 0.1) is 11.1 Å². The van der Waals surface area contributed by atoms with Crippen LogP contribution in [0.3, 0.4) is 0 Å². The number of rotatable bonds is 8. The molecule has 0 aliphatic rings. The lowest BCUT2D eigenvalue weighted by Crippen LogP contribution is -2.01. The van der Waals surface area contributed by atoms with Crippen LogP contribution in [0, 0.1) is 0 Å². The molecule has 0 aliphatic carbocycles. The van der Waals surface area contributed by atoms with Crippen molar-refractivity contribution in [3.05, 3.63) is 178 Å². The van der Waals surface area contributed by atoms with E-state index in [1.165, 1.54) is 48.5 Å². The minimum Gasteiger partial charge on any atom is -0.508 e. The standard InChI is InChI=1S/C13H10O7.C13H10O6.C13H12O4.C13H12O3/c14-7-2-1-5(3-8(7)15)10(17)6-4-9(16)12(19)13(20)11(6)18;14-7-3-1-6(2-4-7)10(16)8-5-9(15)12(18)13(19)11(8)17;14-10-4-1-8(2-5-10)7-9-3-6-11(15)13(17)12(9)16;14-11-7-6-10(12(15)13(11)16)8-9-4-2-1-3-5-9/h1-4,14-16,18-20H;1-5,14-15,17-19H;1-6,14-17H,7H2;1-7,14-16H,8H2. The fraction of sp³-hybridized carbons (Fsp3) is 0.0385. The smallest absolute Gasteiger partial charge is 0.205 e. The molecular weight excluding hydrogens is 945 g/mol. The van der Waals surface area contributed by atoms with Gasteiger partial charge in [-0.1, -0.05) is 54.6 Å². The van der Waals surface area contributed by atoms with E-state index < -0.39 is 86.1 Å². The fourth-order valence-corrected chi connectivity index (χ4v) is 6.36. The van der Waals surface area contributed by atoms with Gasteiger partial charge in [-0.25, -0.2) is 0 Å². The highest BCUT2D eigenvalue weighted by Gasteiger charge is 2.24. The summed E-state index contributed by atoms with van der Waals surface area (Å²) < 4.78 is 0. The number of carbonyl (C=O) groups excluding carboxylic acids is 2. The van der Waals surface area contributed by atoms with Gasteiger partial charge in [-0.3, -0.25) is 9.59 Å². The van der Waals surface area contributed by atoms with Crippen LogP contribution in [0.5, 0.6) is 103 Å². The van der Waals surface area contributed by atoms with Crippen molar-refractivity contribution in [3.63, 3.8) is 0 Å². The van der Waals surface area contributed by atoms with E-state index in [4.69, 9.17) is 15.3 Å². The van der Waals surface area contributed by atoms with Crippen molar-refractivity contribution in [2.45, 2.75) is 12.8 Å². The Morgan fingerprint density at radius 2 is 0.639 bits per heavy atom. The molecule has 0 aromatic heterocycles. The summed E-state index contributed by atoms with van der Waals surface area (Å²) in [5.74, 6) is -11.6. The number of hydrogen-bond acceptors (Lipinski definition) is 20. The van der Waals surface area contributed by atoms with Crippen LogP contribution < -0.4 is 0 Å². The van der Waals surface area contributed by atoms with E-state index in [2.05, 4.69) is 0 Å². The second kappa shape index (κ2) is 22.5. The van der Waals surface area contributed by atoms with Crippen molar-refractivity contribution in [1.29, 1.82) is 0 Å². The van der Waals surface area contributed by atoms with Crippen LogP contribution in [-0.2, 0) is 12.8 Å². The van der Waals surface area contributed by atoms with E-state index in [9.17, 15) is 86.2 Å². The average Bonchev–Trinajstić information content (AvgIpc) is 3.37. The van der Waals surface area contributed by atoms with E-state index in [0.29, 0.717) is 24.0 Å². The number of phenolic OH excluding ortho intramolecular Hbond substituents is 18. The largest absolute Gasteiger partial charge is 0.508 e. The van der Waals surface area contributed by atoms with E-state index in [1.54, 1.807) is 30.3 Å². The summed E-state index contributed by atoms with van der Waals surface area (Å²) in [4.78, 5) is 24.1. The van der Waals surface area contributed by atoms with Crippen LogP contribution in [0.1, 0.15) is 54.1 Å². The number of benzene rings is 8. The summed E-state index contributed by atoms with van der Waals surface area (Å²) in [7, 11) is 0. The van der Waals surface area contributed by atoms with E-state index in [-0.39, 0.29) is 51.2 Å². The van der Waals surface area contributed by atoms with Gasteiger partial charge in [0.25, 0.3) is 0 Å². The van der Waals surface area contributed by atoms with Crippen LogP contribution in [0.25, 0.3) is 0 Å². The van der Waals surface area contributed by atoms with Gasteiger partial charge in [0, 0.05) is 35.1 Å². The molecule has 18 N–H and O–H groups in total. The van der Waals surface area contributed by atoms with Gasteiger partial charge < -0.3 is 91.9 Å². The van der Waals surface area contributed by atoms with Gasteiger partial charge in [0.15, 0.2) is 69.1 Å². The van der Waals surface area contributed by atoms with Crippen molar-refractivity contribution >= 4 is 11.6 Å². The molecule has 0 fully saturated rings. The maximum Gasteiger partial charge on any atom is 0.205 e. The number of carbonyl (C=O) groups is 2. The lowest BCUT2D eigenvalue weighted by Gasteiger charge is -2.09. The van der Waals surface area contributed by atoms with Crippen LogP contribution >= 0.6 is 0 Å². The normalized spacial score (nSPS) is 10.3. The maximum atomic E-state index is 12.1. The molecule has 0 saturated carbocycles. The Morgan fingerprint density at radius 1 is 0.278 bits per heavy atom. The van der Waals surface area contributed by atoms with Crippen LogP contribution in [0.4, 0.5) is 0 Å². The third-order valence-electron chi connectivity index (χ3n) is 10.3. The number of hydrogen-bond donors (Lipinski definition) is 18. The summed E-state index contributed by atoms with van der Waals surface area (Å²) in [6, 6.07) is 32.0. The highest BCUT2D eigenvalue weighted by Crippen LogP contribution is 2.46. The van der Waals surface area contributed by atoms with Crippen molar-refractivity contribution in [2.24, 2.45) is 0 Å². The third-order valence-corrected chi connectivity index (χ3v) is 10.3. The Hall–Kier alpha value is -10.5. The first kappa shape index (κ1) is 52.5. The summed E-state index contributed by atoms with van der Waals surface area (Å²) in [6.45, 7) is 0. The van der Waals surface area contributed by atoms with Gasteiger partial charge in [0.1, 0.15) is 11.5 Å². The first-order valence-corrected chi connectivity index (χ1v) is 20.6. The molecule has 0 bridgehead atoms. The summed E-state index contributed by atoms with van der Waals surface area (Å²) >= 11 is 0. The zero-order valence-electron chi connectivity index (χ0n) is 37.0. The molecule has 8 rings (SSSR count). The third kappa shape index (κ3) is 12.3. The second-order valence-corrected chi connectivity index (χ2v) is 15.3. The van der Waals surface area contributed by atoms with Crippen molar-refractivity contribution in [1.82, 2.24) is 0 Å². The number of phenols is 18. The van der Waals surface area contributed by atoms with Gasteiger partial charge in [-0.2, -0.15) is 0 Å². The van der Waals surface area contributed by atoms with Crippen LogP contribution in [0.15, 0.2) is 133 Å². The summed E-state index contributed by atoms with van der Waals surface area (Å²) in [5, 5.41) is 168. The topological polar surface area (TPSA) is 398 Å². The van der Waals surface area contributed by atoms with Crippen LogP contribution in [0.2, 0.25) is 0 Å². The Morgan fingerprint density at radius 3 is 1.07 bits per heavy atom. The Kier molecular flexibility index (Phi) is 16.4. The Bertz CT molecular complexity index is 3250. The monoisotopic (exact) mass is 988 g/mol. The van der Waals surface area contributed by atoms with Crippen molar-refractivity contribution in [3.8, 4) is 103 Å². The Labute approximate surface area is 406 Å². The maximum absolute atomic E-state index is 12.1. The summed E-state index contributed by atoms with van der Waals surface area (Å²) in [6.07, 6.45) is 0.917. The molecule has 0 atom stereocenters.